The second-order valence-electron chi connectivity index (χ2n) is 6.23. The van der Waals surface area contributed by atoms with Crippen molar-refractivity contribution in [1.82, 2.24) is 0 Å². The van der Waals surface area contributed by atoms with Crippen molar-refractivity contribution in [2.24, 2.45) is 0 Å². The maximum atomic E-state index is 12.0. The molecule has 21 heavy (non-hydrogen) atoms. The molecular weight excluding hydrogens is 280 g/mol. The monoisotopic (exact) mass is 304 g/mol. The first kappa shape index (κ1) is 16.0. The third-order valence-corrected chi connectivity index (χ3v) is 7.03. The molecule has 0 heterocycles. The molecule has 3 nitrogen and oxygen atoms in total. The zero-order valence-corrected chi connectivity index (χ0v) is 13.9. The van der Waals surface area contributed by atoms with Crippen LogP contribution in [0.3, 0.4) is 0 Å². The van der Waals surface area contributed by atoms with Gasteiger partial charge in [-0.15, -0.1) is 6.58 Å². The van der Waals surface area contributed by atoms with Crippen LogP contribution in [0.25, 0.3) is 0 Å². The Balaban J connectivity index is 1.92. The predicted octanol–water partition coefficient (Wildman–Crippen LogP) is 3.75. The fraction of sp³-hybridized carbons (Fsp3) is 0.471. The minimum atomic E-state index is -1.58. The van der Waals surface area contributed by atoms with Gasteiger partial charge in [0.25, 0.3) is 0 Å². The normalized spacial score (nSPS) is 16.5. The van der Waals surface area contributed by atoms with Gasteiger partial charge in [-0.25, -0.2) is 4.79 Å². The minimum absolute atomic E-state index is 0.0640. The molecule has 114 valence electrons. The second kappa shape index (κ2) is 7.05. The predicted molar refractivity (Wildman–Crippen MR) is 87.1 cm³/mol. The zero-order chi connectivity index (χ0) is 15.3. The quantitative estimate of drug-likeness (QED) is 0.472. The Labute approximate surface area is 127 Å². The van der Waals surface area contributed by atoms with Gasteiger partial charge >= 0.3 is 5.97 Å². The summed E-state index contributed by atoms with van der Waals surface area (Å²) in [5.74, 6) is -0.412. The third kappa shape index (κ3) is 4.28. The van der Waals surface area contributed by atoms with Gasteiger partial charge in [-0.1, -0.05) is 55.4 Å². The highest BCUT2D eigenvalue weighted by Crippen LogP contribution is 2.20. The molecule has 1 fully saturated rings. The molecule has 1 aliphatic carbocycles. The first-order valence-corrected chi connectivity index (χ1v) is 10.7. The average molecular weight is 304 g/mol. The van der Waals surface area contributed by atoms with Gasteiger partial charge in [-0.3, -0.25) is 4.89 Å². The second-order valence-corrected chi connectivity index (χ2v) is 10.7. The zero-order valence-electron chi connectivity index (χ0n) is 12.9. The molecule has 0 radical (unpaired) electrons. The molecule has 0 unspecified atom stereocenters. The fourth-order valence-corrected chi connectivity index (χ4v) is 3.74. The van der Waals surface area contributed by atoms with Gasteiger partial charge in [-0.05, 0) is 25.0 Å². The highest BCUT2D eigenvalue weighted by Gasteiger charge is 2.20. The first-order chi connectivity index (χ1) is 10.0. The van der Waals surface area contributed by atoms with Crippen molar-refractivity contribution in [1.29, 1.82) is 0 Å². The first-order valence-electron chi connectivity index (χ1n) is 7.65. The van der Waals surface area contributed by atoms with Crippen molar-refractivity contribution in [2.45, 2.75) is 51.3 Å². The Hall–Kier alpha value is -1.39. The van der Waals surface area contributed by atoms with E-state index in [0.29, 0.717) is 5.56 Å². The Bertz CT molecular complexity index is 487. The molecule has 0 atom stereocenters. The van der Waals surface area contributed by atoms with E-state index in [1.807, 2.05) is 17.8 Å². The van der Waals surface area contributed by atoms with Crippen molar-refractivity contribution in [2.75, 3.05) is 0 Å². The minimum Gasteiger partial charge on any atom is -0.293 e. The van der Waals surface area contributed by atoms with E-state index in [0.717, 1.165) is 25.7 Å². The summed E-state index contributed by atoms with van der Waals surface area (Å²) in [6.07, 6.45) is 5.57. The Morgan fingerprint density at radius 2 is 1.81 bits per heavy atom. The number of hydrogen-bond donors (Lipinski definition) is 0. The van der Waals surface area contributed by atoms with Crippen LogP contribution >= 0.6 is 0 Å². The van der Waals surface area contributed by atoms with Crippen LogP contribution in [0, 0.1) is 0 Å². The molecule has 1 saturated carbocycles. The summed E-state index contributed by atoms with van der Waals surface area (Å²) < 4.78 is 0. The number of carbonyl (C=O) groups excluding carboxylic acids is 1. The SMILES string of the molecule is C=C[Si](C)(C)c1ccc(C(=O)OOC2CCCCC2)cc1. The Kier molecular flexibility index (Phi) is 5.37. The Morgan fingerprint density at radius 3 is 2.38 bits per heavy atom. The van der Waals surface area contributed by atoms with E-state index in [-0.39, 0.29) is 6.10 Å². The largest absolute Gasteiger partial charge is 0.373 e. The number of rotatable bonds is 5. The van der Waals surface area contributed by atoms with Gasteiger partial charge in [0.05, 0.1) is 5.56 Å². The van der Waals surface area contributed by atoms with E-state index in [9.17, 15) is 4.79 Å². The smallest absolute Gasteiger partial charge is 0.293 e. The maximum absolute atomic E-state index is 12.0. The van der Waals surface area contributed by atoms with Crippen molar-refractivity contribution >= 4 is 19.2 Å². The molecule has 1 aliphatic rings. The van der Waals surface area contributed by atoms with Crippen LogP contribution in [-0.2, 0) is 9.78 Å². The van der Waals surface area contributed by atoms with Gasteiger partial charge < -0.3 is 0 Å². The summed E-state index contributed by atoms with van der Waals surface area (Å²) in [4.78, 5) is 22.2. The summed E-state index contributed by atoms with van der Waals surface area (Å²) in [5.41, 5.74) is 2.57. The number of carbonyl (C=O) groups is 1. The molecule has 0 N–H and O–H groups in total. The highest BCUT2D eigenvalue weighted by molar-refractivity contribution is 6.93. The lowest BCUT2D eigenvalue weighted by atomic mass is 9.98. The average Bonchev–Trinajstić information content (AvgIpc) is 2.53. The van der Waals surface area contributed by atoms with Crippen LogP contribution < -0.4 is 5.19 Å². The fourth-order valence-electron chi connectivity index (χ4n) is 2.47. The molecule has 0 amide bonds. The van der Waals surface area contributed by atoms with Crippen LogP contribution in [0.15, 0.2) is 36.5 Å². The molecule has 0 spiro atoms. The number of benzene rings is 1. The molecule has 0 aromatic heterocycles. The molecule has 0 bridgehead atoms. The molecule has 2 rings (SSSR count). The summed E-state index contributed by atoms with van der Waals surface area (Å²) >= 11 is 0. The van der Waals surface area contributed by atoms with E-state index in [2.05, 4.69) is 19.7 Å². The van der Waals surface area contributed by atoms with Gasteiger partial charge in [0, 0.05) is 0 Å². The lowest BCUT2D eigenvalue weighted by Crippen LogP contribution is -2.39. The van der Waals surface area contributed by atoms with Crippen LogP contribution in [0.5, 0.6) is 0 Å². The van der Waals surface area contributed by atoms with Crippen LogP contribution in [0.4, 0.5) is 0 Å². The van der Waals surface area contributed by atoms with Crippen LogP contribution in [-0.4, -0.2) is 20.1 Å². The molecule has 1 aromatic carbocycles. The van der Waals surface area contributed by atoms with Crippen molar-refractivity contribution in [3.63, 3.8) is 0 Å². The summed E-state index contributed by atoms with van der Waals surface area (Å²) in [5, 5.41) is 1.25. The maximum Gasteiger partial charge on any atom is 0.373 e. The summed E-state index contributed by atoms with van der Waals surface area (Å²) in [6, 6.07) is 7.59. The topological polar surface area (TPSA) is 35.5 Å². The van der Waals surface area contributed by atoms with Crippen molar-refractivity contribution in [3.05, 3.63) is 42.1 Å². The van der Waals surface area contributed by atoms with E-state index >= 15 is 0 Å². The van der Waals surface area contributed by atoms with Crippen LogP contribution in [0.2, 0.25) is 13.1 Å². The Morgan fingerprint density at radius 1 is 1.19 bits per heavy atom. The van der Waals surface area contributed by atoms with Gasteiger partial charge in [0.2, 0.25) is 0 Å². The summed E-state index contributed by atoms with van der Waals surface area (Å²) in [7, 11) is -1.58. The van der Waals surface area contributed by atoms with E-state index < -0.39 is 14.0 Å². The van der Waals surface area contributed by atoms with Crippen LogP contribution in [0.1, 0.15) is 42.5 Å². The molecule has 0 saturated heterocycles. The van der Waals surface area contributed by atoms with E-state index in [1.165, 1.54) is 11.6 Å². The lowest BCUT2D eigenvalue weighted by molar-refractivity contribution is -0.279. The van der Waals surface area contributed by atoms with E-state index in [1.54, 1.807) is 12.1 Å². The van der Waals surface area contributed by atoms with Gasteiger partial charge in [-0.2, -0.15) is 4.89 Å². The van der Waals surface area contributed by atoms with Gasteiger partial charge in [0.1, 0.15) is 14.2 Å². The standard InChI is InChI=1S/C17H24O3Si/c1-4-21(2,3)16-12-10-14(11-13-16)17(18)20-19-15-8-6-5-7-9-15/h4,10-13,15H,1,5-9H2,2-3H3. The lowest BCUT2D eigenvalue weighted by Gasteiger charge is -2.20. The number of hydrogen-bond acceptors (Lipinski definition) is 3. The molecule has 1 aromatic rings. The molecule has 0 aliphatic heterocycles. The molecular formula is C17H24O3Si. The van der Waals surface area contributed by atoms with Crippen molar-refractivity contribution in [3.8, 4) is 0 Å². The molecule has 4 heteroatoms. The van der Waals surface area contributed by atoms with Gasteiger partial charge in [0.15, 0.2) is 0 Å². The third-order valence-electron chi connectivity index (χ3n) is 4.19. The highest BCUT2D eigenvalue weighted by atomic mass is 28.3. The van der Waals surface area contributed by atoms with Crippen molar-refractivity contribution < 1.29 is 14.6 Å². The summed E-state index contributed by atoms with van der Waals surface area (Å²) in [6.45, 7) is 8.34. The van der Waals surface area contributed by atoms with E-state index in [4.69, 9.17) is 9.78 Å².